The van der Waals surface area contributed by atoms with E-state index in [1.54, 1.807) is 18.2 Å². The smallest absolute Gasteiger partial charge is 0.308 e. The molecule has 0 aliphatic carbocycles. The number of unbranched alkanes of at least 4 members (excludes halogenated alkanes) is 10. The number of carbonyl (C=O) groups is 2. The van der Waals surface area contributed by atoms with E-state index >= 15 is 0 Å². The predicted octanol–water partition coefficient (Wildman–Crippen LogP) is 7.28. The molecular weight excluding hydrogens is 364 g/mol. The lowest BCUT2D eigenvalue weighted by Gasteiger charge is -2.11. The van der Waals surface area contributed by atoms with E-state index in [4.69, 9.17) is 9.47 Å². The first-order valence-corrected chi connectivity index (χ1v) is 11.6. The maximum atomic E-state index is 12.6. The van der Waals surface area contributed by atoms with E-state index in [1.807, 2.05) is 0 Å². The molecule has 0 unspecified atom stereocenters. The highest BCUT2D eigenvalue weighted by atomic mass is 16.5. The fourth-order valence-corrected chi connectivity index (χ4v) is 3.30. The second kappa shape index (κ2) is 16.0. The minimum atomic E-state index is -0.427. The van der Waals surface area contributed by atoms with Gasteiger partial charge < -0.3 is 9.47 Å². The topological polar surface area (TPSA) is 52.6 Å². The van der Waals surface area contributed by atoms with Gasteiger partial charge in [-0.25, -0.2) is 0 Å². The van der Waals surface area contributed by atoms with Crippen LogP contribution in [0.1, 0.15) is 115 Å². The molecule has 4 nitrogen and oxygen atoms in total. The predicted molar refractivity (Wildman–Crippen MR) is 119 cm³/mol. The summed E-state index contributed by atoms with van der Waals surface area (Å²) >= 11 is 0. The van der Waals surface area contributed by atoms with Gasteiger partial charge >= 0.3 is 5.97 Å². The first kappa shape index (κ1) is 25.2. The van der Waals surface area contributed by atoms with E-state index in [-0.39, 0.29) is 5.78 Å². The molecule has 1 rings (SSSR count). The number of hydrogen-bond donors (Lipinski definition) is 0. The molecule has 0 bridgehead atoms. The van der Waals surface area contributed by atoms with Gasteiger partial charge in [0, 0.05) is 19.4 Å². The van der Waals surface area contributed by atoms with Gasteiger partial charge in [-0.2, -0.15) is 0 Å². The highest BCUT2D eigenvalue weighted by molar-refractivity contribution is 5.99. The number of ether oxygens (including phenoxy) is 2. The van der Waals surface area contributed by atoms with Crippen LogP contribution in [0.2, 0.25) is 0 Å². The van der Waals surface area contributed by atoms with Gasteiger partial charge in [0.25, 0.3) is 0 Å². The van der Waals surface area contributed by atoms with Crippen LogP contribution in [0.15, 0.2) is 18.2 Å². The Morgan fingerprint density at radius 1 is 0.793 bits per heavy atom. The molecule has 0 spiro atoms. The number of Topliss-reactive ketones (excluding diaryl/α,β-unsaturated/α-hetero) is 1. The van der Waals surface area contributed by atoms with E-state index in [0.717, 1.165) is 25.7 Å². The summed E-state index contributed by atoms with van der Waals surface area (Å²) in [4.78, 5) is 24.1. The van der Waals surface area contributed by atoms with Gasteiger partial charge in [0.2, 0.25) is 0 Å². The average Bonchev–Trinajstić information content (AvgIpc) is 2.69. The zero-order chi connectivity index (χ0) is 21.3. The van der Waals surface area contributed by atoms with Crippen molar-refractivity contribution in [2.75, 3.05) is 6.61 Å². The highest BCUT2D eigenvalue weighted by Crippen LogP contribution is 2.27. The molecule has 0 atom stereocenters. The van der Waals surface area contributed by atoms with Crippen LogP contribution in [0.5, 0.6) is 11.5 Å². The van der Waals surface area contributed by atoms with Crippen molar-refractivity contribution < 1.29 is 19.1 Å². The van der Waals surface area contributed by atoms with E-state index in [1.165, 1.54) is 58.3 Å². The Balaban J connectivity index is 2.40. The first-order chi connectivity index (χ1) is 14.1. The van der Waals surface area contributed by atoms with Crippen LogP contribution in [0, 0.1) is 0 Å². The Morgan fingerprint density at radius 2 is 1.38 bits per heavy atom. The second-order valence-corrected chi connectivity index (χ2v) is 7.81. The van der Waals surface area contributed by atoms with Crippen LogP contribution in [0.3, 0.4) is 0 Å². The van der Waals surface area contributed by atoms with Gasteiger partial charge in [-0.3, -0.25) is 9.59 Å². The van der Waals surface area contributed by atoms with Gasteiger partial charge in [0.1, 0.15) is 11.5 Å². The standard InChI is InChI=1S/C25H40O4/c1-4-6-8-9-10-11-12-13-14-15-16-24(27)23-18-17-22(28-19-7-5-2)20-25(23)29-21(3)26/h17-18,20H,4-16,19H2,1-3H3. The van der Waals surface area contributed by atoms with Crippen molar-refractivity contribution in [3.05, 3.63) is 23.8 Å². The van der Waals surface area contributed by atoms with E-state index in [0.29, 0.717) is 30.1 Å². The Labute approximate surface area is 177 Å². The van der Waals surface area contributed by atoms with Gasteiger partial charge in [0.15, 0.2) is 5.78 Å². The van der Waals surface area contributed by atoms with Crippen molar-refractivity contribution in [1.82, 2.24) is 0 Å². The summed E-state index contributed by atoms with van der Waals surface area (Å²) in [5.74, 6) is 0.540. The molecule has 0 aliphatic heterocycles. The van der Waals surface area contributed by atoms with Gasteiger partial charge in [-0.1, -0.05) is 78.1 Å². The second-order valence-electron chi connectivity index (χ2n) is 7.81. The summed E-state index contributed by atoms with van der Waals surface area (Å²) in [5, 5.41) is 0. The molecule has 0 saturated heterocycles. The van der Waals surface area contributed by atoms with Crippen molar-refractivity contribution in [3.8, 4) is 11.5 Å². The lowest BCUT2D eigenvalue weighted by Crippen LogP contribution is -2.08. The molecule has 0 aliphatic rings. The lowest BCUT2D eigenvalue weighted by atomic mass is 10.0. The van der Waals surface area contributed by atoms with Crippen molar-refractivity contribution in [2.45, 2.75) is 104 Å². The van der Waals surface area contributed by atoms with Crippen LogP contribution in [0.4, 0.5) is 0 Å². The monoisotopic (exact) mass is 404 g/mol. The Hall–Kier alpha value is -1.84. The fraction of sp³-hybridized carbons (Fsp3) is 0.680. The summed E-state index contributed by atoms with van der Waals surface area (Å²) < 4.78 is 10.9. The Morgan fingerprint density at radius 3 is 1.97 bits per heavy atom. The molecule has 1 aromatic rings. The molecule has 0 amide bonds. The fourth-order valence-electron chi connectivity index (χ4n) is 3.30. The third-order valence-corrected chi connectivity index (χ3v) is 5.03. The van der Waals surface area contributed by atoms with Crippen LogP contribution < -0.4 is 9.47 Å². The minimum absolute atomic E-state index is 0.0286. The minimum Gasteiger partial charge on any atom is -0.493 e. The van der Waals surface area contributed by atoms with Crippen LogP contribution in [0.25, 0.3) is 0 Å². The zero-order valence-electron chi connectivity index (χ0n) is 18.8. The molecule has 29 heavy (non-hydrogen) atoms. The summed E-state index contributed by atoms with van der Waals surface area (Å²) in [6.45, 7) is 6.30. The number of esters is 1. The Bertz CT molecular complexity index is 594. The van der Waals surface area contributed by atoms with E-state index in [9.17, 15) is 9.59 Å². The number of carbonyl (C=O) groups excluding carboxylic acids is 2. The Kier molecular flexibility index (Phi) is 13.9. The van der Waals surface area contributed by atoms with Crippen LogP contribution in [-0.4, -0.2) is 18.4 Å². The molecular formula is C25H40O4. The van der Waals surface area contributed by atoms with Gasteiger partial charge in [0.05, 0.1) is 12.2 Å². The van der Waals surface area contributed by atoms with Gasteiger partial charge in [-0.15, -0.1) is 0 Å². The molecule has 0 aromatic heterocycles. The van der Waals surface area contributed by atoms with Crippen molar-refractivity contribution in [1.29, 1.82) is 0 Å². The normalized spacial score (nSPS) is 10.7. The van der Waals surface area contributed by atoms with Crippen molar-refractivity contribution >= 4 is 11.8 Å². The average molecular weight is 405 g/mol. The number of ketones is 1. The van der Waals surface area contributed by atoms with Crippen molar-refractivity contribution in [2.24, 2.45) is 0 Å². The van der Waals surface area contributed by atoms with Crippen LogP contribution >= 0.6 is 0 Å². The summed E-state index contributed by atoms with van der Waals surface area (Å²) in [5.41, 5.74) is 0.471. The summed E-state index contributed by atoms with van der Waals surface area (Å²) in [6, 6.07) is 5.16. The maximum absolute atomic E-state index is 12.6. The third-order valence-electron chi connectivity index (χ3n) is 5.03. The summed E-state index contributed by atoms with van der Waals surface area (Å²) in [6.07, 6.45) is 14.9. The largest absolute Gasteiger partial charge is 0.493 e. The van der Waals surface area contributed by atoms with E-state index in [2.05, 4.69) is 13.8 Å². The SMILES string of the molecule is CCCCCCCCCCCCC(=O)c1ccc(OCCCC)cc1OC(C)=O. The molecule has 0 fully saturated rings. The summed E-state index contributed by atoms with van der Waals surface area (Å²) in [7, 11) is 0. The number of benzene rings is 1. The van der Waals surface area contributed by atoms with Crippen molar-refractivity contribution in [3.63, 3.8) is 0 Å². The van der Waals surface area contributed by atoms with E-state index < -0.39 is 5.97 Å². The van der Waals surface area contributed by atoms with Crippen LogP contribution in [-0.2, 0) is 4.79 Å². The molecule has 0 heterocycles. The molecule has 0 saturated carbocycles. The molecule has 0 N–H and O–H groups in total. The maximum Gasteiger partial charge on any atom is 0.308 e. The number of rotatable bonds is 17. The lowest BCUT2D eigenvalue weighted by molar-refractivity contribution is -0.131. The molecule has 0 radical (unpaired) electrons. The highest BCUT2D eigenvalue weighted by Gasteiger charge is 2.15. The third kappa shape index (κ3) is 11.7. The zero-order valence-corrected chi connectivity index (χ0v) is 18.8. The molecule has 164 valence electrons. The quantitative estimate of drug-likeness (QED) is 0.118. The molecule has 1 aromatic carbocycles. The van der Waals surface area contributed by atoms with Gasteiger partial charge in [-0.05, 0) is 25.0 Å². The number of hydrogen-bond acceptors (Lipinski definition) is 4. The first-order valence-electron chi connectivity index (χ1n) is 11.6. The molecule has 4 heteroatoms.